The second kappa shape index (κ2) is 9.26. The largest absolute Gasteiger partial charge is 0.388 e. The molecule has 3 aromatic rings. The van der Waals surface area contributed by atoms with E-state index in [0.717, 1.165) is 30.4 Å². The summed E-state index contributed by atoms with van der Waals surface area (Å²) in [5.74, 6) is 0.987. The molecule has 1 unspecified atom stereocenters. The quantitative estimate of drug-likeness (QED) is 0.430. The van der Waals surface area contributed by atoms with Gasteiger partial charge in [0.25, 0.3) is 5.56 Å². The zero-order valence-electron chi connectivity index (χ0n) is 19.0. The Kier molecular flexibility index (Phi) is 6.43. The van der Waals surface area contributed by atoms with E-state index in [2.05, 4.69) is 29.5 Å². The summed E-state index contributed by atoms with van der Waals surface area (Å²) in [6.07, 6.45) is 1.51. The Bertz CT molecular complexity index is 1140. The molecule has 3 heterocycles. The molecule has 2 aromatic heterocycles. The molecule has 32 heavy (non-hydrogen) atoms. The average molecular weight is 437 g/mol. The molecular formula is C24H32N6O2. The van der Waals surface area contributed by atoms with E-state index in [1.165, 1.54) is 0 Å². The van der Waals surface area contributed by atoms with Crippen molar-refractivity contribution in [3.8, 4) is 11.3 Å². The number of likely N-dealkylation sites (N-methyl/N-ethyl adjacent to an activating group) is 1. The number of β-amino-alcohol motifs (C(OH)–C–C–N with tert-alkyl or cyclic N) is 1. The van der Waals surface area contributed by atoms with Crippen LogP contribution in [0.4, 0.5) is 11.8 Å². The number of fused-ring (bicyclic) bond motifs is 1. The zero-order valence-corrected chi connectivity index (χ0v) is 19.0. The molecule has 0 amide bonds. The molecule has 1 saturated heterocycles. The number of hydrogen-bond donors (Lipinski definition) is 4. The molecule has 4 N–H and O–H groups in total. The number of pyridine rings is 1. The summed E-state index contributed by atoms with van der Waals surface area (Å²) < 4.78 is 0. The van der Waals surface area contributed by atoms with E-state index in [1.807, 2.05) is 41.3 Å². The fourth-order valence-electron chi connectivity index (χ4n) is 4.09. The highest BCUT2D eigenvalue weighted by Gasteiger charge is 2.33. The summed E-state index contributed by atoms with van der Waals surface area (Å²) in [5, 5.41) is 18.2. The lowest BCUT2D eigenvalue weighted by atomic mass is 10.1. The molecular weight excluding hydrogens is 404 g/mol. The lowest BCUT2D eigenvalue weighted by molar-refractivity contribution is 0.0838. The smallest absolute Gasteiger partial charge is 0.263 e. The van der Waals surface area contributed by atoms with Gasteiger partial charge in [-0.1, -0.05) is 38.1 Å². The molecule has 0 saturated carbocycles. The molecule has 0 bridgehead atoms. The van der Waals surface area contributed by atoms with E-state index in [-0.39, 0.29) is 11.6 Å². The predicted molar refractivity (Wildman–Crippen MR) is 129 cm³/mol. The van der Waals surface area contributed by atoms with Crippen LogP contribution in [0.2, 0.25) is 0 Å². The Labute approximate surface area is 188 Å². The van der Waals surface area contributed by atoms with E-state index in [0.29, 0.717) is 42.5 Å². The third-order valence-corrected chi connectivity index (χ3v) is 5.99. The Morgan fingerprint density at radius 1 is 1.22 bits per heavy atom. The van der Waals surface area contributed by atoms with Gasteiger partial charge in [0.1, 0.15) is 11.4 Å². The molecule has 1 fully saturated rings. The number of aliphatic hydroxyl groups is 1. The molecule has 1 aromatic carbocycles. The van der Waals surface area contributed by atoms with Gasteiger partial charge in [-0.05, 0) is 38.4 Å². The fraction of sp³-hybridized carbons (Fsp3) is 0.458. The standard InChI is InChI=1S/C24H32N6O2/c1-4-17(14-25-5-2)26-21-20(19-11-10-16-8-6-7-9-18(16)27-19)22(31)29-23(28-21)30-13-12-24(3,32)15-30/h6-11,17,25,32H,4-5,12-15H2,1-3H3,(H2,26,28,29,31)/t17-,24?/m1/s1. The Hall–Kier alpha value is -2.97. The van der Waals surface area contributed by atoms with Gasteiger partial charge in [0.15, 0.2) is 0 Å². The molecule has 0 aliphatic carbocycles. The van der Waals surface area contributed by atoms with Crippen LogP contribution in [0.3, 0.4) is 0 Å². The van der Waals surface area contributed by atoms with Gasteiger partial charge in [0, 0.05) is 31.1 Å². The number of hydrogen-bond acceptors (Lipinski definition) is 7. The fourth-order valence-corrected chi connectivity index (χ4v) is 4.09. The van der Waals surface area contributed by atoms with Gasteiger partial charge in [-0.3, -0.25) is 9.78 Å². The lowest BCUT2D eigenvalue weighted by Crippen LogP contribution is -2.35. The highest BCUT2D eigenvalue weighted by atomic mass is 16.3. The van der Waals surface area contributed by atoms with Crippen molar-refractivity contribution in [3.63, 3.8) is 0 Å². The Morgan fingerprint density at radius 2 is 2.03 bits per heavy atom. The second-order valence-electron chi connectivity index (χ2n) is 8.73. The average Bonchev–Trinajstić information content (AvgIpc) is 3.15. The molecule has 170 valence electrons. The van der Waals surface area contributed by atoms with Gasteiger partial charge in [-0.2, -0.15) is 4.98 Å². The number of H-pyrrole nitrogens is 1. The first-order valence-electron chi connectivity index (χ1n) is 11.3. The number of nitrogens with zero attached hydrogens (tertiary/aromatic N) is 3. The van der Waals surface area contributed by atoms with Crippen molar-refractivity contribution in [1.29, 1.82) is 0 Å². The summed E-state index contributed by atoms with van der Waals surface area (Å²) >= 11 is 0. The maximum Gasteiger partial charge on any atom is 0.263 e. The number of aromatic nitrogens is 3. The number of anilines is 2. The van der Waals surface area contributed by atoms with E-state index in [1.54, 1.807) is 6.92 Å². The zero-order chi connectivity index (χ0) is 22.7. The van der Waals surface area contributed by atoms with Crippen LogP contribution in [0.5, 0.6) is 0 Å². The number of nitrogens with one attached hydrogen (secondary N) is 3. The van der Waals surface area contributed by atoms with E-state index in [9.17, 15) is 9.90 Å². The third kappa shape index (κ3) is 4.76. The third-order valence-electron chi connectivity index (χ3n) is 5.99. The summed E-state index contributed by atoms with van der Waals surface area (Å²) in [6, 6.07) is 11.8. The van der Waals surface area contributed by atoms with Crippen LogP contribution in [0.1, 0.15) is 33.6 Å². The van der Waals surface area contributed by atoms with Crippen molar-refractivity contribution < 1.29 is 5.11 Å². The van der Waals surface area contributed by atoms with Crippen LogP contribution in [0.25, 0.3) is 22.2 Å². The highest BCUT2D eigenvalue weighted by molar-refractivity contribution is 5.83. The maximum absolute atomic E-state index is 13.3. The normalized spacial score (nSPS) is 19.4. The molecule has 1 aliphatic heterocycles. The van der Waals surface area contributed by atoms with Crippen LogP contribution < -0.4 is 21.1 Å². The van der Waals surface area contributed by atoms with E-state index in [4.69, 9.17) is 9.97 Å². The van der Waals surface area contributed by atoms with Crippen molar-refractivity contribution in [3.05, 3.63) is 46.8 Å². The lowest BCUT2D eigenvalue weighted by Gasteiger charge is -2.23. The van der Waals surface area contributed by atoms with Gasteiger partial charge in [-0.15, -0.1) is 0 Å². The molecule has 8 nitrogen and oxygen atoms in total. The summed E-state index contributed by atoms with van der Waals surface area (Å²) in [7, 11) is 0. The van der Waals surface area contributed by atoms with Crippen molar-refractivity contribution in [2.45, 2.75) is 45.3 Å². The molecule has 2 atom stereocenters. The minimum Gasteiger partial charge on any atom is -0.388 e. The summed E-state index contributed by atoms with van der Waals surface area (Å²) in [4.78, 5) is 27.7. The van der Waals surface area contributed by atoms with Gasteiger partial charge >= 0.3 is 0 Å². The number of para-hydroxylation sites is 1. The molecule has 0 spiro atoms. The van der Waals surface area contributed by atoms with Gasteiger partial charge < -0.3 is 20.6 Å². The molecule has 0 radical (unpaired) electrons. The Balaban J connectivity index is 1.79. The van der Waals surface area contributed by atoms with Crippen molar-refractivity contribution in [2.75, 3.05) is 36.4 Å². The van der Waals surface area contributed by atoms with Crippen molar-refractivity contribution in [2.24, 2.45) is 0 Å². The highest BCUT2D eigenvalue weighted by Crippen LogP contribution is 2.28. The first-order chi connectivity index (χ1) is 15.4. The van der Waals surface area contributed by atoms with Crippen LogP contribution in [0.15, 0.2) is 41.2 Å². The van der Waals surface area contributed by atoms with Gasteiger partial charge in [0.2, 0.25) is 5.95 Å². The van der Waals surface area contributed by atoms with Crippen LogP contribution in [0, 0.1) is 0 Å². The first-order valence-corrected chi connectivity index (χ1v) is 11.3. The minimum absolute atomic E-state index is 0.109. The molecule has 8 heteroatoms. The van der Waals surface area contributed by atoms with Crippen molar-refractivity contribution in [1.82, 2.24) is 20.3 Å². The number of rotatable bonds is 8. The summed E-state index contributed by atoms with van der Waals surface area (Å²) in [6.45, 7) is 8.68. The Morgan fingerprint density at radius 3 is 2.75 bits per heavy atom. The minimum atomic E-state index is -0.790. The van der Waals surface area contributed by atoms with Gasteiger partial charge in [-0.25, -0.2) is 4.98 Å². The van der Waals surface area contributed by atoms with E-state index >= 15 is 0 Å². The van der Waals surface area contributed by atoms with E-state index < -0.39 is 5.60 Å². The maximum atomic E-state index is 13.3. The topological polar surface area (TPSA) is 106 Å². The van der Waals surface area contributed by atoms with Crippen LogP contribution in [-0.4, -0.2) is 57.9 Å². The molecule has 1 aliphatic rings. The second-order valence-corrected chi connectivity index (χ2v) is 8.73. The summed E-state index contributed by atoms with van der Waals surface area (Å²) in [5.41, 5.74) is 0.806. The predicted octanol–water partition coefficient (Wildman–Crippen LogP) is 2.75. The van der Waals surface area contributed by atoms with Gasteiger partial charge in [0.05, 0.1) is 16.8 Å². The molecule has 4 rings (SSSR count). The SMILES string of the molecule is CCNC[C@@H](CC)Nc1nc(N2CCC(C)(O)C2)[nH]c(=O)c1-c1ccc2ccccc2n1. The van der Waals surface area contributed by atoms with Crippen molar-refractivity contribution >= 4 is 22.7 Å². The number of aromatic amines is 1. The number of benzene rings is 1. The van der Waals surface area contributed by atoms with Crippen LogP contribution >= 0.6 is 0 Å². The van der Waals surface area contributed by atoms with Crippen LogP contribution in [-0.2, 0) is 0 Å². The monoisotopic (exact) mass is 436 g/mol. The first kappa shape index (κ1) is 22.2.